The van der Waals surface area contributed by atoms with Gasteiger partial charge in [0.25, 0.3) is 0 Å². The number of carboxylic acids is 1. The van der Waals surface area contributed by atoms with Gasteiger partial charge in [-0.3, -0.25) is 0 Å². The average Bonchev–Trinajstić information content (AvgIpc) is 2.30. The molecule has 1 aromatic carbocycles. The lowest BCUT2D eigenvalue weighted by atomic mass is 10.1. The van der Waals surface area contributed by atoms with Crippen molar-refractivity contribution in [2.45, 2.75) is 32.7 Å². The number of benzene rings is 1. The van der Waals surface area contributed by atoms with Crippen LogP contribution in [0.5, 0.6) is 0 Å². The van der Waals surface area contributed by atoms with E-state index in [2.05, 4.69) is 5.32 Å². The molecule has 0 amide bonds. The normalized spacial score (nSPS) is 12.2. The van der Waals surface area contributed by atoms with Crippen LogP contribution < -0.4 is 5.32 Å². The molecule has 0 aliphatic rings. The van der Waals surface area contributed by atoms with Crippen LogP contribution in [0.1, 0.15) is 35.7 Å². The third kappa shape index (κ3) is 3.75. The van der Waals surface area contributed by atoms with Crippen LogP contribution in [0.3, 0.4) is 0 Å². The molecule has 0 aliphatic heterocycles. The van der Waals surface area contributed by atoms with Crippen molar-refractivity contribution in [3.63, 3.8) is 0 Å². The first-order chi connectivity index (χ1) is 8.08. The number of hydrogen-bond donors (Lipinski definition) is 3. The fourth-order valence-corrected chi connectivity index (χ4v) is 1.72. The molecule has 17 heavy (non-hydrogen) atoms. The Morgan fingerprint density at radius 3 is 2.71 bits per heavy atom. The van der Waals surface area contributed by atoms with Gasteiger partial charge in [0.1, 0.15) is 0 Å². The summed E-state index contributed by atoms with van der Waals surface area (Å²) in [6.07, 6.45) is 1.46. The first-order valence-corrected chi connectivity index (χ1v) is 5.79. The second kappa shape index (κ2) is 6.25. The number of anilines is 1. The Kier molecular flexibility index (Phi) is 4.97. The molecule has 1 aromatic rings. The van der Waals surface area contributed by atoms with Gasteiger partial charge in [-0.2, -0.15) is 0 Å². The summed E-state index contributed by atoms with van der Waals surface area (Å²) in [6, 6.07) is 5.40. The molecule has 0 saturated heterocycles. The van der Waals surface area contributed by atoms with E-state index in [1.54, 1.807) is 12.1 Å². The van der Waals surface area contributed by atoms with Crippen molar-refractivity contribution in [2.75, 3.05) is 11.9 Å². The summed E-state index contributed by atoms with van der Waals surface area (Å²) in [5, 5.41) is 21.2. The van der Waals surface area contributed by atoms with E-state index in [1.807, 2.05) is 19.9 Å². The maximum Gasteiger partial charge on any atom is 0.337 e. The van der Waals surface area contributed by atoms with Crippen LogP contribution in [-0.4, -0.2) is 28.8 Å². The van der Waals surface area contributed by atoms with Gasteiger partial charge in [-0.15, -0.1) is 0 Å². The Morgan fingerprint density at radius 1 is 1.47 bits per heavy atom. The zero-order valence-corrected chi connectivity index (χ0v) is 10.2. The average molecular weight is 237 g/mol. The Labute approximate surface area is 101 Å². The predicted molar refractivity (Wildman–Crippen MR) is 67.5 cm³/mol. The van der Waals surface area contributed by atoms with Gasteiger partial charge >= 0.3 is 5.97 Å². The zero-order valence-electron chi connectivity index (χ0n) is 10.2. The maximum absolute atomic E-state index is 11.1. The zero-order chi connectivity index (χ0) is 12.8. The lowest BCUT2D eigenvalue weighted by Gasteiger charge is -2.18. The van der Waals surface area contributed by atoms with E-state index in [1.165, 1.54) is 0 Å². The Bertz CT molecular complexity index is 390. The van der Waals surface area contributed by atoms with Crippen molar-refractivity contribution in [3.05, 3.63) is 29.3 Å². The van der Waals surface area contributed by atoms with E-state index in [-0.39, 0.29) is 18.2 Å². The van der Waals surface area contributed by atoms with Crippen molar-refractivity contribution >= 4 is 11.7 Å². The molecule has 0 bridgehead atoms. The van der Waals surface area contributed by atoms with Crippen LogP contribution in [-0.2, 0) is 0 Å². The Hall–Kier alpha value is -1.55. The highest BCUT2D eigenvalue weighted by Gasteiger charge is 2.13. The molecule has 4 nitrogen and oxygen atoms in total. The van der Waals surface area contributed by atoms with Gasteiger partial charge in [0, 0.05) is 18.3 Å². The van der Waals surface area contributed by atoms with Gasteiger partial charge in [0.05, 0.1) is 5.56 Å². The van der Waals surface area contributed by atoms with Crippen LogP contribution in [0.15, 0.2) is 18.2 Å². The number of carbonyl (C=O) groups is 1. The van der Waals surface area contributed by atoms with E-state index in [4.69, 9.17) is 10.2 Å². The number of nitrogens with one attached hydrogen (secondary N) is 1. The number of aromatic carboxylic acids is 1. The largest absolute Gasteiger partial charge is 0.478 e. The molecule has 0 fully saturated rings. The maximum atomic E-state index is 11.1. The Balaban J connectivity index is 2.92. The highest BCUT2D eigenvalue weighted by atomic mass is 16.4. The van der Waals surface area contributed by atoms with Crippen molar-refractivity contribution in [1.82, 2.24) is 0 Å². The van der Waals surface area contributed by atoms with E-state index >= 15 is 0 Å². The highest BCUT2D eigenvalue weighted by Crippen LogP contribution is 2.19. The van der Waals surface area contributed by atoms with E-state index in [9.17, 15) is 4.79 Å². The molecule has 1 unspecified atom stereocenters. The van der Waals surface area contributed by atoms with Crippen LogP contribution in [0.2, 0.25) is 0 Å². The number of hydrogen-bond acceptors (Lipinski definition) is 3. The minimum absolute atomic E-state index is 0.0970. The fraction of sp³-hybridized carbons (Fsp3) is 0.462. The fourth-order valence-electron chi connectivity index (χ4n) is 1.72. The van der Waals surface area contributed by atoms with Crippen LogP contribution >= 0.6 is 0 Å². The van der Waals surface area contributed by atoms with Gasteiger partial charge in [0.2, 0.25) is 0 Å². The number of aliphatic hydroxyl groups excluding tert-OH is 1. The van der Waals surface area contributed by atoms with Gasteiger partial charge < -0.3 is 15.5 Å². The SMILES string of the molecule is CCC(CCO)Nc1ccc(C)cc1C(=O)O. The van der Waals surface area contributed by atoms with Crippen LogP contribution in [0.4, 0.5) is 5.69 Å². The van der Waals surface area contributed by atoms with Gasteiger partial charge in [-0.1, -0.05) is 18.6 Å². The van der Waals surface area contributed by atoms with E-state index in [0.717, 1.165) is 12.0 Å². The lowest BCUT2D eigenvalue weighted by Crippen LogP contribution is -2.21. The Morgan fingerprint density at radius 2 is 2.18 bits per heavy atom. The third-order valence-corrected chi connectivity index (χ3v) is 2.74. The molecule has 0 heterocycles. The number of carboxylic acid groups (broad SMARTS) is 1. The van der Waals surface area contributed by atoms with Gasteiger partial charge in [-0.05, 0) is 31.9 Å². The minimum atomic E-state index is -0.935. The summed E-state index contributed by atoms with van der Waals surface area (Å²) in [7, 11) is 0. The number of aliphatic hydroxyl groups is 1. The summed E-state index contributed by atoms with van der Waals surface area (Å²) < 4.78 is 0. The monoisotopic (exact) mass is 237 g/mol. The minimum Gasteiger partial charge on any atom is -0.478 e. The smallest absolute Gasteiger partial charge is 0.337 e. The highest BCUT2D eigenvalue weighted by molar-refractivity contribution is 5.94. The number of rotatable bonds is 6. The molecule has 3 N–H and O–H groups in total. The number of aryl methyl sites for hydroxylation is 1. The molecule has 0 spiro atoms. The van der Waals surface area contributed by atoms with Crippen LogP contribution in [0, 0.1) is 6.92 Å². The molecule has 4 heteroatoms. The molecule has 94 valence electrons. The van der Waals surface area contributed by atoms with Crippen molar-refractivity contribution in [1.29, 1.82) is 0 Å². The first kappa shape index (κ1) is 13.5. The molecule has 1 atom stereocenters. The van der Waals surface area contributed by atoms with Crippen molar-refractivity contribution < 1.29 is 15.0 Å². The molecular weight excluding hydrogens is 218 g/mol. The van der Waals surface area contributed by atoms with Gasteiger partial charge in [-0.25, -0.2) is 4.79 Å². The van der Waals surface area contributed by atoms with E-state index in [0.29, 0.717) is 12.1 Å². The molecular formula is C13H19NO3. The van der Waals surface area contributed by atoms with E-state index < -0.39 is 5.97 Å². The van der Waals surface area contributed by atoms with Crippen molar-refractivity contribution in [2.24, 2.45) is 0 Å². The molecule has 0 aromatic heterocycles. The molecule has 1 rings (SSSR count). The lowest BCUT2D eigenvalue weighted by molar-refractivity contribution is 0.0698. The standard InChI is InChI=1S/C13H19NO3/c1-3-10(6-7-15)14-12-5-4-9(2)8-11(12)13(16)17/h4-5,8,10,14-15H,3,6-7H2,1-2H3,(H,16,17). The second-order valence-corrected chi connectivity index (χ2v) is 4.12. The first-order valence-electron chi connectivity index (χ1n) is 5.79. The molecule has 0 saturated carbocycles. The summed E-state index contributed by atoms with van der Waals surface area (Å²) in [5.41, 5.74) is 1.81. The quantitative estimate of drug-likeness (QED) is 0.710. The third-order valence-electron chi connectivity index (χ3n) is 2.74. The second-order valence-electron chi connectivity index (χ2n) is 4.12. The van der Waals surface area contributed by atoms with Gasteiger partial charge in [0.15, 0.2) is 0 Å². The predicted octanol–water partition coefficient (Wildman–Crippen LogP) is 2.27. The summed E-state index contributed by atoms with van der Waals surface area (Å²) in [6.45, 7) is 3.96. The molecule has 0 radical (unpaired) electrons. The molecule has 0 aliphatic carbocycles. The topological polar surface area (TPSA) is 69.6 Å². The van der Waals surface area contributed by atoms with Crippen molar-refractivity contribution in [3.8, 4) is 0 Å². The van der Waals surface area contributed by atoms with Crippen LogP contribution in [0.25, 0.3) is 0 Å². The summed E-state index contributed by atoms with van der Waals surface area (Å²) in [5.74, 6) is -0.935. The summed E-state index contributed by atoms with van der Waals surface area (Å²) in [4.78, 5) is 11.1. The summed E-state index contributed by atoms with van der Waals surface area (Å²) >= 11 is 0.